The van der Waals surface area contributed by atoms with E-state index in [0.29, 0.717) is 24.7 Å². The number of nitrogens with two attached hydrogens (primary N) is 1. The Morgan fingerprint density at radius 2 is 2.09 bits per heavy atom. The van der Waals surface area contributed by atoms with E-state index < -0.39 is 0 Å². The number of H-pyrrole nitrogens is 1. The number of anilines is 1. The lowest BCUT2D eigenvalue weighted by molar-refractivity contribution is 0.0950. The van der Waals surface area contributed by atoms with Gasteiger partial charge in [0, 0.05) is 18.4 Å². The summed E-state index contributed by atoms with van der Waals surface area (Å²) in [6.07, 6.45) is 1.53. The second kappa shape index (κ2) is 9.13. The van der Waals surface area contributed by atoms with Crippen LogP contribution in [-0.2, 0) is 0 Å². The maximum absolute atomic E-state index is 11.6. The number of benzene rings is 1. The first-order valence-corrected chi connectivity index (χ1v) is 6.98. The van der Waals surface area contributed by atoms with Crippen LogP contribution < -0.4 is 16.4 Å². The molecule has 1 aromatic carbocycles. The molecule has 0 aliphatic heterocycles. The fourth-order valence-corrected chi connectivity index (χ4v) is 1.83. The molecule has 0 aliphatic rings. The Morgan fingerprint density at radius 3 is 2.74 bits per heavy atom. The molecule has 1 amide bonds. The Bertz CT molecular complexity index is 669. The van der Waals surface area contributed by atoms with E-state index in [2.05, 4.69) is 32.7 Å². The predicted octanol–water partition coefficient (Wildman–Crippen LogP) is 1.80. The summed E-state index contributed by atoms with van der Waals surface area (Å²) in [5, 5.41) is 12.1. The van der Waals surface area contributed by atoms with Crippen molar-refractivity contribution in [3.63, 3.8) is 0 Å². The smallest absolute Gasteiger partial charge is 0.269 e. The first kappa shape index (κ1) is 18.9. The van der Waals surface area contributed by atoms with Gasteiger partial charge in [0.1, 0.15) is 5.69 Å². The van der Waals surface area contributed by atoms with Gasteiger partial charge in [0.15, 0.2) is 5.96 Å². The minimum Gasteiger partial charge on any atom is -0.370 e. The van der Waals surface area contributed by atoms with Crippen LogP contribution >= 0.6 is 24.0 Å². The Balaban J connectivity index is 0.00000264. The lowest BCUT2D eigenvalue weighted by Crippen LogP contribution is -2.28. The first-order chi connectivity index (χ1) is 10.6. The molecule has 7 nitrogen and oxygen atoms in total. The number of halogens is 1. The van der Waals surface area contributed by atoms with E-state index in [4.69, 9.17) is 5.73 Å². The summed E-state index contributed by atoms with van der Waals surface area (Å²) < 4.78 is 0. The molecule has 0 bridgehead atoms. The Hall–Kier alpha value is -2.10. The number of hydrogen-bond donors (Lipinski definition) is 4. The van der Waals surface area contributed by atoms with Crippen molar-refractivity contribution in [2.75, 3.05) is 18.4 Å². The molecule has 1 heterocycles. The molecule has 124 valence electrons. The van der Waals surface area contributed by atoms with Crippen molar-refractivity contribution in [3.05, 3.63) is 47.3 Å². The normalized spacial score (nSPS) is 10.8. The lowest BCUT2D eigenvalue weighted by atomic mass is 10.1. The molecule has 5 N–H and O–H groups in total. The van der Waals surface area contributed by atoms with Crippen LogP contribution in [0.1, 0.15) is 21.6 Å². The summed E-state index contributed by atoms with van der Waals surface area (Å²) in [6.45, 7) is 4.88. The maximum atomic E-state index is 11.6. The van der Waals surface area contributed by atoms with Crippen LogP contribution in [0.4, 0.5) is 5.69 Å². The minimum atomic E-state index is -0.214. The van der Waals surface area contributed by atoms with Gasteiger partial charge in [-0.1, -0.05) is 6.07 Å². The number of hydrogen-bond acceptors (Lipinski definition) is 3. The van der Waals surface area contributed by atoms with Crippen LogP contribution in [0.2, 0.25) is 0 Å². The quantitative estimate of drug-likeness (QED) is 0.252. The van der Waals surface area contributed by atoms with Crippen molar-refractivity contribution in [2.24, 2.45) is 10.7 Å². The van der Waals surface area contributed by atoms with Crippen LogP contribution in [-0.4, -0.2) is 35.2 Å². The zero-order valence-electron chi connectivity index (χ0n) is 13.1. The fourth-order valence-electron chi connectivity index (χ4n) is 1.83. The summed E-state index contributed by atoms with van der Waals surface area (Å²) in [4.78, 5) is 15.8. The van der Waals surface area contributed by atoms with E-state index in [0.717, 1.165) is 5.69 Å². The zero-order chi connectivity index (χ0) is 15.9. The molecular weight excluding hydrogens is 407 g/mol. The van der Waals surface area contributed by atoms with Gasteiger partial charge in [-0.15, -0.1) is 24.0 Å². The number of aryl methyl sites for hydroxylation is 2. The minimum absolute atomic E-state index is 0. The van der Waals surface area contributed by atoms with Gasteiger partial charge in [-0.3, -0.25) is 14.9 Å². The SMILES string of the molecule is Cc1ccc(NC(N)=NCCNC(=O)c2ccn[nH]2)cc1C.I. The topological polar surface area (TPSA) is 108 Å². The van der Waals surface area contributed by atoms with Gasteiger partial charge >= 0.3 is 0 Å². The monoisotopic (exact) mass is 428 g/mol. The highest BCUT2D eigenvalue weighted by Gasteiger charge is 2.04. The zero-order valence-corrected chi connectivity index (χ0v) is 15.4. The van der Waals surface area contributed by atoms with Crippen LogP contribution in [0.15, 0.2) is 35.5 Å². The van der Waals surface area contributed by atoms with Crippen molar-refractivity contribution in [1.29, 1.82) is 0 Å². The van der Waals surface area contributed by atoms with Crippen molar-refractivity contribution < 1.29 is 4.79 Å². The lowest BCUT2D eigenvalue weighted by Gasteiger charge is -2.08. The summed E-state index contributed by atoms with van der Waals surface area (Å²) in [7, 11) is 0. The number of nitrogens with one attached hydrogen (secondary N) is 3. The Morgan fingerprint density at radius 1 is 1.30 bits per heavy atom. The summed E-state index contributed by atoms with van der Waals surface area (Å²) in [5.74, 6) is 0.104. The molecule has 1 aromatic heterocycles. The summed E-state index contributed by atoms with van der Waals surface area (Å²) in [6, 6.07) is 7.59. The third-order valence-electron chi connectivity index (χ3n) is 3.20. The van der Waals surface area contributed by atoms with E-state index in [1.54, 1.807) is 6.07 Å². The summed E-state index contributed by atoms with van der Waals surface area (Å²) >= 11 is 0. The second-order valence-corrected chi connectivity index (χ2v) is 4.92. The molecular formula is C15H21IN6O. The first-order valence-electron chi connectivity index (χ1n) is 6.98. The van der Waals surface area contributed by atoms with Gasteiger partial charge in [-0.25, -0.2) is 0 Å². The number of aliphatic imine (C=N–C) groups is 1. The molecule has 2 rings (SSSR count). The molecule has 0 saturated carbocycles. The van der Waals surface area contributed by atoms with E-state index in [1.807, 2.05) is 25.1 Å². The third-order valence-corrected chi connectivity index (χ3v) is 3.20. The van der Waals surface area contributed by atoms with E-state index in [9.17, 15) is 4.79 Å². The standard InChI is InChI=1S/C15H20N6O.HI/c1-10-3-4-12(9-11(10)2)20-15(16)18-8-7-17-14(22)13-5-6-19-21-13;/h3-6,9H,7-8H2,1-2H3,(H,17,22)(H,19,21)(H3,16,18,20);1H. The highest BCUT2D eigenvalue weighted by molar-refractivity contribution is 14.0. The van der Waals surface area contributed by atoms with Gasteiger partial charge in [0.2, 0.25) is 0 Å². The van der Waals surface area contributed by atoms with Crippen LogP contribution in [0.25, 0.3) is 0 Å². The molecule has 0 saturated heterocycles. The molecule has 0 unspecified atom stereocenters. The number of carbonyl (C=O) groups is 1. The molecule has 0 spiro atoms. The molecule has 8 heteroatoms. The van der Waals surface area contributed by atoms with Gasteiger partial charge in [-0.05, 0) is 43.2 Å². The predicted molar refractivity (Wildman–Crippen MR) is 102 cm³/mol. The second-order valence-electron chi connectivity index (χ2n) is 4.92. The average molecular weight is 428 g/mol. The van der Waals surface area contributed by atoms with Gasteiger partial charge in [0.05, 0.1) is 6.54 Å². The van der Waals surface area contributed by atoms with Crippen molar-refractivity contribution >= 4 is 41.5 Å². The number of nitrogens with zero attached hydrogens (tertiary/aromatic N) is 2. The summed E-state index contributed by atoms with van der Waals surface area (Å²) in [5.41, 5.74) is 9.54. The number of guanidine groups is 1. The van der Waals surface area contributed by atoms with Gasteiger partial charge in [0.25, 0.3) is 5.91 Å². The number of aromatic nitrogens is 2. The van der Waals surface area contributed by atoms with Crippen LogP contribution in [0.3, 0.4) is 0 Å². The van der Waals surface area contributed by atoms with Crippen LogP contribution in [0.5, 0.6) is 0 Å². The van der Waals surface area contributed by atoms with E-state index in [1.165, 1.54) is 17.3 Å². The van der Waals surface area contributed by atoms with E-state index >= 15 is 0 Å². The molecule has 0 fully saturated rings. The molecule has 0 aliphatic carbocycles. The van der Waals surface area contributed by atoms with Crippen molar-refractivity contribution in [2.45, 2.75) is 13.8 Å². The number of rotatable bonds is 5. The highest BCUT2D eigenvalue weighted by Crippen LogP contribution is 2.13. The number of carbonyl (C=O) groups excluding carboxylic acids is 1. The number of aromatic amines is 1. The molecule has 0 atom stereocenters. The van der Waals surface area contributed by atoms with Gasteiger partial charge < -0.3 is 16.4 Å². The Kier molecular flexibility index (Phi) is 7.52. The Labute approximate surface area is 152 Å². The molecule has 0 radical (unpaired) electrons. The van der Waals surface area contributed by atoms with Crippen LogP contribution in [0, 0.1) is 13.8 Å². The molecule has 2 aromatic rings. The third kappa shape index (κ3) is 5.89. The number of amides is 1. The molecule has 23 heavy (non-hydrogen) atoms. The fraction of sp³-hybridized carbons (Fsp3) is 0.267. The van der Waals surface area contributed by atoms with Crippen molar-refractivity contribution in [1.82, 2.24) is 15.5 Å². The average Bonchev–Trinajstić information content (AvgIpc) is 3.01. The largest absolute Gasteiger partial charge is 0.370 e. The maximum Gasteiger partial charge on any atom is 0.269 e. The van der Waals surface area contributed by atoms with Crippen molar-refractivity contribution in [3.8, 4) is 0 Å². The van der Waals surface area contributed by atoms with E-state index in [-0.39, 0.29) is 29.9 Å². The van der Waals surface area contributed by atoms with Gasteiger partial charge in [-0.2, -0.15) is 5.10 Å². The highest BCUT2D eigenvalue weighted by atomic mass is 127.